The van der Waals surface area contributed by atoms with Gasteiger partial charge in [-0.25, -0.2) is 0 Å². The Morgan fingerprint density at radius 1 is 1.39 bits per heavy atom. The van der Waals surface area contributed by atoms with Crippen LogP contribution in [0.3, 0.4) is 0 Å². The van der Waals surface area contributed by atoms with Crippen molar-refractivity contribution in [2.75, 3.05) is 0 Å². The SMILES string of the molecule is CC(C)C1(C)SC(=N)N(C2CC3CCC2C3)C1=O. The first-order valence-electron chi connectivity index (χ1n) is 7.04. The summed E-state index contributed by atoms with van der Waals surface area (Å²) in [5, 5.41) is 8.69. The van der Waals surface area contributed by atoms with E-state index in [9.17, 15) is 4.79 Å². The number of carbonyl (C=O) groups excluding carboxylic acids is 1. The van der Waals surface area contributed by atoms with Crippen LogP contribution in [0.4, 0.5) is 0 Å². The largest absolute Gasteiger partial charge is 0.287 e. The molecule has 1 N–H and O–H groups in total. The third-order valence-corrected chi connectivity index (χ3v) is 6.77. The van der Waals surface area contributed by atoms with Gasteiger partial charge in [-0.1, -0.05) is 32.0 Å². The third kappa shape index (κ3) is 1.57. The average Bonchev–Trinajstić information content (AvgIpc) is 2.94. The van der Waals surface area contributed by atoms with Crippen molar-refractivity contribution in [1.29, 1.82) is 5.41 Å². The van der Waals surface area contributed by atoms with Gasteiger partial charge in [0.15, 0.2) is 5.17 Å². The highest BCUT2D eigenvalue weighted by atomic mass is 32.2. The molecule has 0 aromatic rings. The molecule has 3 rings (SSSR count). The summed E-state index contributed by atoms with van der Waals surface area (Å²) >= 11 is 1.47. The Bertz CT molecular complexity index is 409. The van der Waals surface area contributed by atoms with Gasteiger partial charge < -0.3 is 0 Å². The van der Waals surface area contributed by atoms with Crippen molar-refractivity contribution in [3.05, 3.63) is 0 Å². The van der Waals surface area contributed by atoms with E-state index in [0.29, 0.717) is 17.1 Å². The summed E-state index contributed by atoms with van der Waals surface area (Å²) in [6, 6.07) is 0.330. The van der Waals surface area contributed by atoms with Crippen LogP contribution in [0.1, 0.15) is 46.5 Å². The molecule has 1 amide bonds. The number of amides is 1. The van der Waals surface area contributed by atoms with E-state index in [2.05, 4.69) is 13.8 Å². The summed E-state index contributed by atoms with van der Waals surface area (Å²) < 4.78 is -0.418. The lowest BCUT2D eigenvalue weighted by Gasteiger charge is -2.32. The standard InChI is InChI=1S/C14H22N2OS/c1-8(2)14(3)12(17)16(13(15)18-14)11-7-9-4-5-10(11)6-9/h8-11,15H,4-7H2,1-3H3. The van der Waals surface area contributed by atoms with Crippen LogP contribution >= 0.6 is 11.8 Å². The topological polar surface area (TPSA) is 44.2 Å². The fourth-order valence-electron chi connectivity index (χ4n) is 3.82. The highest BCUT2D eigenvalue weighted by Gasteiger charge is 2.55. The van der Waals surface area contributed by atoms with Gasteiger partial charge in [-0.3, -0.25) is 15.1 Å². The second-order valence-corrected chi connectivity index (χ2v) is 8.03. The van der Waals surface area contributed by atoms with Crippen LogP contribution < -0.4 is 0 Å². The number of fused-ring (bicyclic) bond motifs is 2. The Kier molecular flexibility index (Phi) is 2.78. The first-order valence-corrected chi connectivity index (χ1v) is 7.86. The van der Waals surface area contributed by atoms with Crippen LogP contribution in [0.2, 0.25) is 0 Å². The predicted octanol–water partition coefficient (Wildman–Crippen LogP) is 3.10. The fraction of sp³-hybridized carbons (Fsp3) is 0.857. The average molecular weight is 266 g/mol. The number of hydrogen-bond donors (Lipinski definition) is 1. The minimum absolute atomic E-state index is 0.185. The first kappa shape index (κ1) is 12.5. The van der Waals surface area contributed by atoms with Gasteiger partial charge in [0.05, 0.1) is 0 Å². The summed E-state index contributed by atoms with van der Waals surface area (Å²) in [5.41, 5.74) is 0. The van der Waals surface area contributed by atoms with Gasteiger partial charge in [-0.15, -0.1) is 0 Å². The number of nitrogens with one attached hydrogen (secondary N) is 1. The highest BCUT2D eigenvalue weighted by Crippen LogP contribution is 2.51. The second-order valence-electron chi connectivity index (χ2n) is 6.59. The number of carbonyl (C=O) groups is 1. The molecule has 3 fully saturated rings. The molecule has 18 heavy (non-hydrogen) atoms. The Labute approximate surface area is 113 Å². The normalized spacial score (nSPS) is 43.6. The van der Waals surface area contributed by atoms with E-state index in [-0.39, 0.29) is 11.8 Å². The van der Waals surface area contributed by atoms with E-state index in [1.54, 1.807) is 0 Å². The molecule has 4 heteroatoms. The Balaban J connectivity index is 1.85. The maximum atomic E-state index is 12.7. The molecule has 0 aromatic heterocycles. The van der Waals surface area contributed by atoms with Crippen molar-refractivity contribution in [2.45, 2.75) is 57.2 Å². The van der Waals surface area contributed by atoms with Gasteiger partial charge in [0.1, 0.15) is 4.75 Å². The smallest absolute Gasteiger partial charge is 0.245 e. The highest BCUT2D eigenvalue weighted by molar-refractivity contribution is 8.16. The van der Waals surface area contributed by atoms with Crippen molar-refractivity contribution in [3.8, 4) is 0 Å². The molecule has 0 radical (unpaired) electrons. The molecule has 100 valence electrons. The first-order chi connectivity index (χ1) is 8.43. The van der Waals surface area contributed by atoms with Gasteiger partial charge >= 0.3 is 0 Å². The van der Waals surface area contributed by atoms with Crippen molar-refractivity contribution >= 4 is 22.8 Å². The van der Waals surface area contributed by atoms with Crippen LogP contribution in [0, 0.1) is 23.2 Å². The summed E-state index contributed by atoms with van der Waals surface area (Å²) in [6.45, 7) is 6.18. The van der Waals surface area contributed by atoms with E-state index in [1.165, 1.54) is 31.0 Å². The van der Waals surface area contributed by atoms with Crippen molar-refractivity contribution in [1.82, 2.24) is 4.90 Å². The minimum Gasteiger partial charge on any atom is -0.287 e. The van der Waals surface area contributed by atoms with Crippen LogP contribution in [-0.4, -0.2) is 26.8 Å². The molecule has 1 saturated heterocycles. The Hall–Kier alpha value is -0.510. The van der Waals surface area contributed by atoms with Crippen molar-refractivity contribution in [3.63, 3.8) is 0 Å². The van der Waals surface area contributed by atoms with E-state index < -0.39 is 4.75 Å². The lowest BCUT2D eigenvalue weighted by Crippen LogP contribution is -2.47. The zero-order valence-corrected chi connectivity index (χ0v) is 12.2. The number of rotatable bonds is 2. The van der Waals surface area contributed by atoms with E-state index in [1.807, 2.05) is 11.8 Å². The number of nitrogens with zero attached hydrogens (tertiary/aromatic N) is 1. The van der Waals surface area contributed by atoms with E-state index >= 15 is 0 Å². The van der Waals surface area contributed by atoms with Crippen molar-refractivity contribution in [2.24, 2.45) is 17.8 Å². The maximum absolute atomic E-state index is 12.7. The third-order valence-electron chi connectivity index (χ3n) is 5.31. The van der Waals surface area contributed by atoms with Crippen LogP contribution in [0.15, 0.2) is 0 Å². The molecule has 2 bridgehead atoms. The van der Waals surface area contributed by atoms with Gasteiger partial charge in [0.2, 0.25) is 5.91 Å². The Morgan fingerprint density at radius 2 is 2.11 bits per heavy atom. The zero-order valence-electron chi connectivity index (χ0n) is 11.4. The van der Waals surface area contributed by atoms with Crippen LogP contribution in [-0.2, 0) is 4.79 Å². The van der Waals surface area contributed by atoms with Gasteiger partial charge in [0.25, 0.3) is 0 Å². The Morgan fingerprint density at radius 3 is 2.56 bits per heavy atom. The molecule has 0 spiro atoms. The number of amidine groups is 1. The number of thioether (sulfide) groups is 1. The molecule has 2 aliphatic carbocycles. The molecule has 3 nitrogen and oxygen atoms in total. The quantitative estimate of drug-likeness (QED) is 0.834. The fourth-order valence-corrected chi connectivity index (χ4v) is 4.96. The molecule has 4 unspecified atom stereocenters. The van der Waals surface area contributed by atoms with E-state index in [4.69, 9.17) is 5.41 Å². The summed E-state index contributed by atoms with van der Waals surface area (Å²) in [5.74, 6) is 1.94. The summed E-state index contributed by atoms with van der Waals surface area (Å²) in [6.07, 6.45) is 5.01. The van der Waals surface area contributed by atoms with Gasteiger partial charge in [-0.2, -0.15) is 0 Å². The maximum Gasteiger partial charge on any atom is 0.245 e. The summed E-state index contributed by atoms with van der Waals surface area (Å²) in [7, 11) is 0. The van der Waals surface area contributed by atoms with Crippen LogP contribution in [0.25, 0.3) is 0 Å². The molecule has 1 heterocycles. The molecular formula is C14H22N2OS. The predicted molar refractivity (Wildman–Crippen MR) is 74.6 cm³/mol. The molecule has 3 aliphatic rings. The lowest BCUT2D eigenvalue weighted by molar-refractivity contribution is -0.132. The molecule has 1 aliphatic heterocycles. The summed E-state index contributed by atoms with van der Waals surface area (Å²) in [4.78, 5) is 14.5. The monoisotopic (exact) mass is 266 g/mol. The molecular weight excluding hydrogens is 244 g/mol. The molecule has 2 saturated carbocycles. The minimum atomic E-state index is -0.418. The lowest BCUT2D eigenvalue weighted by atomic mass is 9.91. The number of hydrogen-bond acceptors (Lipinski definition) is 3. The van der Waals surface area contributed by atoms with E-state index in [0.717, 1.165) is 12.3 Å². The second kappa shape index (κ2) is 3.99. The molecule has 0 aromatic carbocycles. The molecule has 4 atom stereocenters. The zero-order chi connectivity index (χ0) is 13.1. The van der Waals surface area contributed by atoms with Gasteiger partial charge in [0, 0.05) is 6.04 Å². The van der Waals surface area contributed by atoms with Crippen LogP contribution in [0.5, 0.6) is 0 Å². The van der Waals surface area contributed by atoms with Crippen molar-refractivity contribution < 1.29 is 4.79 Å². The van der Waals surface area contributed by atoms with Gasteiger partial charge in [-0.05, 0) is 43.9 Å².